The first-order chi connectivity index (χ1) is 8.56. The van der Waals surface area contributed by atoms with Gasteiger partial charge in [-0.1, -0.05) is 6.92 Å². The van der Waals surface area contributed by atoms with Gasteiger partial charge in [0.15, 0.2) is 0 Å². The summed E-state index contributed by atoms with van der Waals surface area (Å²) >= 11 is 0. The summed E-state index contributed by atoms with van der Waals surface area (Å²) in [7, 11) is 0. The second-order valence-corrected chi connectivity index (χ2v) is 3.74. The zero-order valence-corrected chi connectivity index (χ0v) is 10.1. The molecular formula is C12H16FN3O2. The monoisotopic (exact) mass is 253 g/mol. The van der Waals surface area contributed by atoms with Crippen molar-refractivity contribution in [1.82, 2.24) is 0 Å². The van der Waals surface area contributed by atoms with E-state index in [2.05, 4.69) is 10.6 Å². The van der Waals surface area contributed by atoms with Crippen LogP contribution in [0.1, 0.15) is 19.8 Å². The predicted molar refractivity (Wildman–Crippen MR) is 67.6 cm³/mol. The number of rotatable bonds is 5. The molecule has 0 radical (unpaired) electrons. The summed E-state index contributed by atoms with van der Waals surface area (Å²) in [5.74, 6) is -1.14. The Kier molecular flexibility index (Phi) is 5.26. The quantitative estimate of drug-likeness (QED) is 0.742. The molecule has 0 aromatic heterocycles. The average molecular weight is 253 g/mol. The van der Waals surface area contributed by atoms with E-state index < -0.39 is 11.7 Å². The number of amides is 2. The molecule has 0 bridgehead atoms. The van der Waals surface area contributed by atoms with Gasteiger partial charge in [0.25, 0.3) is 0 Å². The molecule has 0 saturated heterocycles. The van der Waals surface area contributed by atoms with Crippen LogP contribution in [0.5, 0.6) is 0 Å². The zero-order chi connectivity index (χ0) is 13.5. The minimum Gasteiger partial charge on any atom is -0.324 e. The van der Waals surface area contributed by atoms with Crippen LogP contribution in [0.25, 0.3) is 0 Å². The number of hydrogen-bond donors (Lipinski definition) is 3. The van der Waals surface area contributed by atoms with Crippen molar-refractivity contribution in [2.24, 2.45) is 5.73 Å². The highest BCUT2D eigenvalue weighted by atomic mass is 19.1. The van der Waals surface area contributed by atoms with Gasteiger partial charge in [-0.2, -0.15) is 0 Å². The third-order valence-corrected chi connectivity index (χ3v) is 2.19. The Morgan fingerprint density at radius 3 is 2.50 bits per heavy atom. The molecular weight excluding hydrogens is 237 g/mol. The van der Waals surface area contributed by atoms with Crippen LogP contribution in [0.4, 0.5) is 15.8 Å². The molecule has 0 aliphatic heterocycles. The molecule has 6 heteroatoms. The van der Waals surface area contributed by atoms with Crippen LogP contribution in [0, 0.1) is 5.82 Å². The van der Waals surface area contributed by atoms with Crippen LogP contribution < -0.4 is 16.4 Å². The summed E-state index contributed by atoms with van der Waals surface area (Å²) in [4.78, 5) is 22.6. The number of benzene rings is 1. The van der Waals surface area contributed by atoms with Crippen molar-refractivity contribution >= 4 is 23.2 Å². The smallest absolute Gasteiger partial charge is 0.238 e. The summed E-state index contributed by atoms with van der Waals surface area (Å²) in [5, 5.41) is 5.04. The molecule has 0 atom stereocenters. The van der Waals surface area contributed by atoms with Gasteiger partial charge in [-0.25, -0.2) is 4.39 Å². The second kappa shape index (κ2) is 6.70. The lowest BCUT2D eigenvalue weighted by atomic mass is 10.2. The standard InChI is InChI=1S/C12H16FN3O2/c1-2-3-11(17)15-9-5-4-8(13)6-10(9)16-12(18)7-14/h4-6H,2-3,7,14H2,1H3,(H,15,17)(H,16,18). The Morgan fingerprint density at radius 2 is 1.89 bits per heavy atom. The zero-order valence-electron chi connectivity index (χ0n) is 10.1. The average Bonchev–Trinajstić information content (AvgIpc) is 2.33. The SMILES string of the molecule is CCCC(=O)Nc1ccc(F)cc1NC(=O)CN. The van der Waals surface area contributed by atoms with Gasteiger partial charge in [0.05, 0.1) is 17.9 Å². The molecule has 1 aromatic carbocycles. The van der Waals surface area contributed by atoms with E-state index in [4.69, 9.17) is 5.73 Å². The van der Waals surface area contributed by atoms with Gasteiger partial charge in [0.2, 0.25) is 11.8 Å². The van der Waals surface area contributed by atoms with E-state index >= 15 is 0 Å². The summed E-state index contributed by atoms with van der Waals surface area (Å²) < 4.78 is 13.1. The van der Waals surface area contributed by atoms with Gasteiger partial charge in [-0.05, 0) is 24.6 Å². The molecule has 2 amide bonds. The highest BCUT2D eigenvalue weighted by Gasteiger charge is 2.09. The summed E-state index contributed by atoms with van der Waals surface area (Å²) in [5.41, 5.74) is 5.73. The molecule has 1 rings (SSSR count). The van der Waals surface area contributed by atoms with Gasteiger partial charge in [0.1, 0.15) is 5.82 Å². The molecule has 0 aliphatic rings. The number of anilines is 2. The third-order valence-electron chi connectivity index (χ3n) is 2.19. The van der Waals surface area contributed by atoms with Crippen molar-refractivity contribution in [1.29, 1.82) is 0 Å². The van der Waals surface area contributed by atoms with Crippen molar-refractivity contribution in [2.45, 2.75) is 19.8 Å². The molecule has 0 saturated carbocycles. The fraction of sp³-hybridized carbons (Fsp3) is 0.333. The van der Waals surface area contributed by atoms with E-state index in [-0.39, 0.29) is 18.1 Å². The number of carbonyl (C=O) groups excluding carboxylic acids is 2. The summed E-state index contributed by atoms with van der Waals surface area (Å²) in [6.45, 7) is 1.67. The van der Waals surface area contributed by atoms with Crippen molar-refractivity contribution in [3.8, 4) is 0 Å². The van der Waals surface area contributed by atoms with Crippen LogP contribution >= 0.6 is 0 Å². The van der Waals surface area contributed by atoms with Crippen LogP contribution in [0.15, 0.2) is 18.2 Å². The van der Waals surface area contributed by atoms with Crippen LogP contribution in [-0.4, -0.2) is 18.4 Å². The van der Waals surface area contributed by atoms with E-state index in [0.717, 1.165) is 6.07 Å². The van der Waals surface area contributed by atoms with E-state index in [9.17, 15) is 14.0 Å². The first-order valence-electron chi connectivity index (χ1n) is 5.66. The number of halogens is 1. The van der Waals surface area contributed by atoms with E-state index in [0.29, 0.717) is 18.5 Å². The first kappa shape index (κ1) is 14.1. The normalized spacial score (nSPS) is 9.94. The van der Waals surface area contributed by atoms with Crippen molar-refractivity contribution in [2.75, 3.05) is 17.2 Å². The lowest BCUT2D eigenvalue weighted by Crippen LogP contribution is -2.23. The Labute approximate surface area is 105 Å². The van der Waals surface area contributed by atoms with E-state index in [1.807, 2.05) is 6.92 Å². The largest absolute Gasteiger partial charge is 0.324 e. The highest BCUT2D eigenvalue weighted by molar-refractivity contribution is 6.00. The Morgan fingerprint density at radius 1 is 1.22 bits per heavy atom. The summed E-state index contributed by atoms with van der Waals surface area (Å²) in [6.07, 6.45) is 1.07. The number of nitrogens with one attached hydrogen (secondary N) is 2. The lowest BCUT2D eigenvalue weighted by molar-refractivity contribution is -0.116. The Balaban J connectivity index is 2.89. The van der Waals surface area contributed by atoms with Crippen LogP contribution in [-0.2, 0) is 9.59 Å². The van der Waals surface area contributed by atoms with E-state index in [1.165, 1.54) is 12.1 Å². The van der Waals surface area contributed by atoms with Crippen molar-refractivity contribution < 1.29 is 14.0 Å². The minimum atomic E-state index is -0.504. The molecule has 1 aromatic rings. The fourth-order valence-electron chi connectivity index (χ4n) is 1.37. The van der Waals surface area contributed by atoms with Gasteiger partial charge in [0, 0.05) is 6.42 Å². The molecule has 98 valence electrons. The molecule has 0 unspecified atom stereocenters. The summed E-state index contributed by atoms with van der Waals surface area (Å²) in [6, 6.07) is 3.74. The van der Waals surface area contributed by atoms with Gasteiger partial charge in [-0.3, -0.25) is 9.59 Å². The fourth-order valence-corrected chi connectivity index (χ4v) is 1.37. The molecule has 0 heterocycles. The van der Waals surface area contributed by atoms with Gasteiger partial charge >= 0.3 is 0 Å². The molecule has 4 N–H and O–H groups in total. The Hall–Kier alpha value is -1.95. The number of hydrogen-bond acceptors (Lipinski definition) is 3. The first-order valence-corrected chi connectivity index (χ1v) is 5.66. The second-order valence-electron chi connectivity index (χ2n) is 3.74. The molecule has 5 nitrogen and oxygen atoms in total. The van der Waals surface area contributed by atoms with Crippen molar-refractivity contribution in [3.63, 3.8) is 0 Å². The van der Waals surface area contributed by atoms with Crippen LogP contribution in [0.3, 0.4) is 0 Å². The number of nitrogens with two attached hydrogens (primary N) is 1. The maximum absolute atomic E-state index is 13.1. The highest BCUT2D eigenvalue weighted by Crippen LogP contribution is 2.23. The third kappa shape index (κ3) is 4.14. The van der Waals surface area contributed by atoms with Crippen molar-refractivity contribution in [3.05, 3.63) is 24.0 Å². The van der Waals surface area contributed by atoms with Gasteiger partial charge in [-0.15, -0.1) is 0 Å². The van der Waals surface area contributed by atoms with Gasteiger partial charge < -0.3 is 16.4 Å². The molecule has 18 heavy (non-hydrogen) atoms. The minimum absolute atomic E-state index is 0.188. The Bertz CT molecular complexity index is 449. The lowest BCUT2D eigenvalue weighted by Gasteiger charge is -2.11. The molecule has 0 spiro atoms. The maximum atomic E-state index is 13.1. The topological polar surface area (TPSA) is 84.2 Å². The molecule has 0 aliphatic carbocycles. The number of carbonyl (C=O) groups is 2. The molecule has 0 fully saturated rings. The van der Waals surface area contributed by atoms with Crippen LogP contribution in [0.2, 0.25) is 0 Å². The maximum Gasteiger partial charge on any atom is 0.238 e. The van der Waals surface area contributed by atoms with E-state index in [1.54, 1.807) is 0 Å². The predicted octanol–water partition coefficient (Wildman–Crippen LogP) is 1.46.